The van der Waals surface area contributed by atoms with Gasteiger partial charge >= 0.3 is 12.1 Å². The van der Waals surface area contributed by atoms with Gasteiger partial charge in [0.15, 0.2) is 5.78 Å². The molecule has 0 unspecified atom stereocenters. The van der Waals surface area contributed by atoms with E-state index in [9.17, 15) is 28.0 Å². The number of halogens is 3. The number of Topliss-reactive ketones (excluding diaryl/α,β-unsaturated/α-hetero) is 1. The molecule has 3 heterocycles. The van der Waals surface area contributed by atoms with Gasteiger partial charge in [-0.3, -0.25) is 9.59 Å². The highest BCUT2D eigenvalue weighted by atomic mass is 19.4. The molecule has 0 atom stereocenters. The van der Waals surface area contributed by atoms with Crippen LogP contribution in [0.1, 0.15) is 61.1 Å². The second-order valence-electron chi connectivity index (χ2n) is 11.0. The summed E-state index contributed by atoms with van der Waals surface area (Å²) in [4.78, 5) is 31.9. The second-order valence-corrected chi connectivity index (χ2v) is 11.0. The summed E-state index contributed by atoms with van der Waals surface area (Å²) in [7, 11) is 0. The third-order valence-corrected chi connectivity index (χ3v) is 6.96. The number of hydrogen-bond donors (Lipinski definition) is 1. The molecule has 1 fully saturated rings. The summed E-state index contributed by atoms with van der Waals surface area (Å²) in [5, 5.41) is 11.8. The van der Waals surface area contributed by atoms with Gasteiger partial charge in [0.2, 0.25) is 0 Å². The van der Waals surface area contributed by atoms with E-state index in [1.165, 1.54) is 10.8 Å². The van der Waals surface area contributed by atoms with Crippen LogP contribution in [0.25, 0.3) is 10.9 Å². The van der Waals surface area contributed by atoms with Crippen LogP contribution in [0.4, 0.5) is 24.7 Å². The first-order valence-electron chi connectivity index (χ1n) is 12.7. The number of amides is 1. The normalized spacial score (nSPS) is 15.5. The predicted octanol–water partition coefficient (Wildman–Crippen LogP) is 5.32. The van der Waals surface area contributed by atoms with Crippen molar-refractivity contribution in [3.63, 3.8) is 0 Å². The molecule has 2 aromatic heterocycles. The van der Waals surface area contributed by atoms with E-state index in [1.807, 2.05) is 37.1 Å². The van der Waals surface area contributed by atoms with Gasteiger partial charge in [-0.05, 0) is 42.5 Å². The van der Waals surface area contributed by atoms with E-state index in [4.69, 9.17) is 4.74 Å². The van der Waals surface area contributed by atoms with Gasteiger partial charge in [0.05, 0.1) is 24.8 Å². The molecule has 3 aromatic rings. The van der Waals surface area contributed by atoms with Gasteiger partial charge in [0, 0.05) is 34.3 Å². The number of nitrogens with zero attached hydrogens (tertiary/aromatic N) is 4. The zero-order chi connectivity index (χ0) is 28.1. The number of pyridine rings is 1. The SMILES string of the molecule is CC(C)(C)c1cc(C(=O)Cn2cc3ccc(C4CC4)nc3c2NC(=O)C(F)(F)F)cc2c1OCCN2CC#N. The Bertz CT molecular complexity index is 1510. The molecule has 1 aliphatic heterocycles. The van der Waals surface area contributed by atoms with Gasteiger partial charge in [0.1, 0.15) is 30.2 Å². The number of carbonyl (C=O) groups is 2. The number of nitrogens with one attached hydrogen (secondary N) is 1. The molecular weight excluding hydrogens is 511 g/mol. The summed E-state index contributed by atoms with van der Waals surface area (Å²) in [6.07, 6.45) is -1.69. The lowest BCUT2D eigenvalue weighted by molar-refractivity contribution is -0.167. The highest BCUT2D eigenvalue weighted by Gasteiger charge is 2.40. The van der Waals surface area contributed by atoms with Crippen molar-refractivity contribution in [2.45, 2.75) is 57.7 Å². The highest BCUT2D eigenvalue weighted by Crippen LogP contribution is 2.43. The summed E-state index contributed by atoms with van der Waals surface area (Å²) >= 11 is 0. The van der Waals surface area contributed by atoms with Crippen molar-refractivity contribution < 1.29 is 27.5 Å². The molecule has 1 aromatic carbocycles. The Hall–Kier alpha value is -4.07. The number of benzene rings is 1. The number of rotatable bonds is 6. The van der Waals surface area contributed by atoms with Gasteiger partial charge in [0.25, 0.3) is 0 Å². The number of ether oxygens (including phenoxy) is 1. The first-order valence-corrected chi connectivity index (χ1v) is 12.7. The first kappa shape index (κ1) is 26.5. The smallest absolute Gasteiger partial charge is 0.471 e. The molecule has 39 heavy (non-hydrogen) atoms. The molecule has 0 saturated heterocycles. The molecule has 0 bridgehead atoms. The van der Waals surface area contributed by atoms with E-state index in [0.717, 1.165) is 24.1 Å². The van der Waals surface area contributed by atoms with E-state index >= 15 is 0 Å². The van der Waals surface area contributed by atoms with Crippen molar-refractivity contribution in [1.29, 1.82) is 5.26 Å². The third-order valence-electron chi connectivity index (χ3n) is 6.96. The number of ketones is 1. The van der Waals surface area contributed by atoms with Gasteiger partial charge in [-0.2, -0.15) is 18.4 Å². The number of carbonyl (C=O) groups excluding carboxylic acids is 2. The van der Waals surface area contributed by atoms with Crippen molar-refractivity contribution >= 4 is 34.1 Å². The Morgan fingerprint density at radius 2 is 1.95 bits per heavy atom. The van der Waals surface area contributed by atoms with Crippen molar-refractivity contribution in [3.05, 3.63) is 47.3 Å². The first-order chi connectivity index (χ1) is 18.4. The highest BCUT2D eigenvalue weighted by molar-refractivity contribution is 6.03. The Labute approximate surface area is 223 Å². The monoisotopic (exact) mass is 539 g/mol. The molecule has 2 aliphatic rings. The molecule has 0 radical (unpaired) electrons. The Kier molecular flexibility index (Phi) is 6.53. The van der Waals surface area contributed by atoms with E-state index in [2.05, 4.69) is 11.1 Å². The number of hydrogen-bond acceptors (Lipinski definition) is 6. The summed E-state index contributed by atoms with van der Waals surface area (Å²) < 4.78 is 46.8. The van der Waals surface area contributed by atoms with Crippen molar-refractivity contribution in [2.75, 3.05) is 29.9 Å². The third kappa shape index (κ3) is 5.28. The van der Waals surface area contributed by atoms with E-state index in [-0.39, 0.29) is 36.1 Å². The lowest BCUT2D eigenvalue weighted by Crippen LogP contribution is -2.34. The molecule has 1 amide bonds. The lowest BCUT2D eigenvalue weighted by atomic mass is 9.84. The molecule has 1 aliphatic carbocycles. The molecule has 204 valence electrons. The van der Waals surface area contributed by atoms with Crippen LogP contribution in [-0.2, 0) is 16.8 Å². The standard InChI is InChI=1S/C28H28F3N5O3/c1-27(2,3)19-12-18(13-21-24(19)39-11-10-35(21)9-8-32)22(37)15-36-14-17-6-7-20(16-4-5-16)33-23(17)25(36)34-26(38)28(29,30)31/h6-7,12-14,16H,4-5,9-11,15H2,1-3H3,(H,34,38). The second kappa shape index (κ2) is 9.59. The number of aromatic nitrogens is 2. The van der Waals surface area contributed by atoms with Crippen molar-refractivity contribution in [3.8, 4) is 11.8 Å². The molecule has 1 N–H and O–H groups in total. The largest absolute Gasteiger partial charge is 0.489 e. The topological polar surface area (TPSA) is 100 Å². The van der Waals surface area contributed by atoms with Crippen LogP contribution in [0.2, 0.25) is 0 Å². The fourth-order valence-corrected chi connectivity index (χ4v) is 4.78. The molecular formula is C28H28F3N5O3. The maximum absolute atomic E-state index is 13.6. The van der Waals surface area contributed by atoms with Crippen LogP contribution in [0, 0.1) is 11.3 Å². The van der Waals surface area contributed by atoms with Crippen LogP contribution >= 0.6 is 0 Å². The average molecular weight is 540 g/mol. The Balaban J connectivity index is 1.56. The van der Waals surface area contributed by atoms with E-state index in [1.54, 1.807) is 18.2 Å². The summed E-state index contributed by atoms with van der Waals surface area (Å²) in [5.41, 5.74) is 2.29. The van der Waals surface area contributed by atoms with Gasteiger partial charge in [-0.1, -0.05) is 20.8 Å². The summed E-state index contributed by atoms with van der Waals surface area (Å²) in [6, 6.07) is 9.10. The van der Waals surface area contributed by atoms with E-state index in [0.29, 0.717) is 35.5 Å². The fraction of sp³-hybridized carbons (Fsp3) is 0.429. The number of fused-ring (bicyclic) bond motifs is 2. The van der Waals surface area contributed by atoms with Crippen molar-refractivity contribution in [1.82, 2.24) is 9.55 Å². The predicted molar refractivity (Wildman–Crippen MR) is 139 cm³/mol. The van der Waals surface area contributed by atoms with Crippen LogP contribution in [0.3, 0.4) is 0 Å². The number of nitriles is 1. The zero-order valence-electron chi connectivity index (χ0n) is 21.9. The van der Waals surface area contributed by atoms with Gasteiger partial charge < -0.3 is 19.5 Å². The minimum Gasteiger partial charge on any atom is -0.489 e. The lowest BCUT2D eigenvalue weighted by Gasteiger charge is -2.34. The van der Waals surface area contributed by atoms with Crippen LogP contribution in [-0.4, -0.2) is 47.1 Å². The fourth-order valence-electron chi connectivity index (χ4n) is 4.78. The average Bonchev–Trinajstić information content (AvgIpc) is 3.66. The van der Waals surface area contributed by atoms with Crippen molar-refractivity contribution in [2.24, 2.45) is 0 Å². The molecule has 8 nitrogen and oxygen atoms in total. The van der Waals surface area contributed by atoms with Crippen LogP contribution in [0.5, 0.6) is 5.75 Å². The number of alkyl halides is 3. The zero-order valence-corrected chi connectivity index (χ0v) is 21.9. The van der Waals surface area contributed by atoms with Crippen LogP contribution in [0.15, 0.2) is 30.5 Å². The minimum absolute atomic E-state index is 0.114. The maximum atomic E-state index is 13.6. The molecule has 0 spiro atoms. The Morgan fingerprint density at radius 3 is 2.59 bits per heavy atom. The van der Waals surface area contributed by atoms with Gasteiger partial charge in [-0.15, -0.1) is 0 Å². The quantitative estimate of drug-likeness (QED) is 0.336. The molecule has 5 rings (SSSR count). The van der Waals surface area contributed by atoms with Crippen LogP contribution < -0.4 is 15.0 Å². The number of anilines is 2. The molecule has 11 heteroatoms. The minimum atomic E-state index is -5.11. The van der Waals surface area contributed by atoms with Gasteiger partial charge in [-0.25, -0.2) is 4.98 Å². The maximum Gasteiger partial charge on any atom is 0.471 e. The molecule has 1 saturated carbocycles. The summed E-state index contributed by atoms with van der Waals surface area (Å²) in [5.74, 6) is -1.83. The van der Waals surface area contributed by atoms with E-state index < -0.39 is 17.5 Å². The summed E-state index contributed by atoms with van der Waals surface area (Å²) in [6.45, 7) is 6.61. The Morgan fingerprint density at radius 1 is 1.21 bits per heavy atom.